The van der Waals surface area contributed by atoms with E-state index in [1.807, 2.05) is 62.4 Å². The van der Waals surface area contributed by atoms with Gasteiger partial charge in [-0.1, -0.05) is 29.4 Å². The summed E-state index contributed by atoms with van der Waals surface area (Å²) < 4.78 is 10.8. The summed E-state index contributed by atoms with van der Waals surface area (Å²) in [5.41, 5.74) is 3.15. The van der Waals surface area contributed by atoms with Crippen LogP contribution in [-0.2, 0) is 6.61 Å². The van der Waals surface area contributed by atoms with Crippen molar-refractivity contribution in [1.82, 2.24) is 20.4 Å². The van der Waals surface area contributed by atoms with Crippen LogP contribution in [0.25, 0.3) is 11.0 Å². The fourth-order valence-corrected chi connectivity index (χ4v) is 2.85. The number of rotatable bonds is 6. The minimum Gasteiger partial charge on any atom is -0.486 e. The van der Waals surface area contributed by atoms with E-state index < -0.39 is 0 Å². The Labute approximate surface area is 161 Å². The first-order valence-corrected chi connectivity index (χ1v) is 8.99. The van der Waals surface area contributed by atoms with E-state index in [9.17, 15) is 4.79 Å². The predicted molar refractivity (Wildman–Crippen MR) is 104 cm³/mol. The molecule has 0 saturated carbocycles. The van der Waals surface area contributed by atoms with Gasteiger partial charge in [0.05, 0.1) is 17.1 Å². The summed E-state index contributed by atoms with van der Waals surface area (Å²) in [5.74, 6) is 1.54. The van der Waals surface area contributed by atoms with Crippen molar-refractivity contribution in [3.63, 3.8) is 0 Å². The number of carbonyl (C=O) groups excluding carboxylic acids is 1. The number of aromatic nitrogens is 3. The zero-order valence-corrected chi connectivity index (χ0v) is 15.6. The molecule has 0 radical (unpaired) electrons. The van der Waals surface area contributed by atoms with Crippen LogP contribution in [0.3, 0.4) is 0 Å². The normalized spacial score (nSPS) is 12.1. The lowest BCUT2D eigenvalue weighted by Gasteiger charge is -2.09. The van der Waals surface area contributed by atoms with Crippen LogP contribution in [0.4, 0.5) is 0 Å². The minimum atomic E-state index is -0.334. The monoisotopic (exact) mass is 376 g/mol. The van der Waals surface area contributed by atoms with Gasteiger partial charge in [0.1, 0.15) is 18.2 Å². The lowest BCUT2D eigenvalue weighted by Crippen LogP contribution is -2.27. The first-order valence-electron chi connectivity index (χ1n) is 8.99. The van der Waals surface area contributed by atoms with Crippen molar-refractivity contribution >= 4 is 16.9 Å². The molecule has 2 heterocycles. The molecule has 2 aromatic carbocycles. The van der Waals surface area contributed by atoms with Crippen LogP contribution < -0.4 is 10.1 Å². The number of nitrogens with one attached hydrogen (secondary N) is 2. The third kappa shape index (κ3) is 3.88. The molecule has 142 valence electrons. The summed E-state index contributed by atoms with van der Waals surface area (Å²) in [6.07, 6.45) is 0. The average Bonchev–Trinajstić information content (AvgIpc) is 3.34. The highest BCUT2D eigenvalue weighted by atomic mass is 16.5. The fourth-order valence-electron chi connectivity index (χ4n) is 2.85. The molecule has 1 atom stereocenters. The van der Waals surface area contributed by atoms with Crippen molar-refractivity contribution in [3.8, 4) is 5.75 Å². The second-order valence-electron chi connectivity index (χ2n) is 6.62. The van der Waals surface area contributed by atoms with Gasteiger partial charge >= 0.3 is 0 Å². The number of hydrogen-bond acceptors (Lipinski definition) is 5. The molecule has 7 heteroatoms. The summed E-state index contributed by atoms with van der Waals surface area (Å²) in [4.78, 5) is 20.3. The molecule has 0 fully saturated rings. The number of carbonyl (C=O) groups is 1. The molecule has 0 unspecified atom stereocenters. The number of nitrogens with zero attached hydrogens (tertiary/aromatic N) is 2. The van der Waals surface area contributed by atoms with Gasteiger partial charge in [-0.25, -0.2) is 4.98 Å². The second kappa shape index (κ2) is 7.56. The van der Waals surface area contributed by atoms with Crippen molar-refractivity contribution in [3.05, 3.63) is 77.4 Å². The van der Waals surface area contributed by atoms with Crippen molar-refractivity contribution in [2.75, 3.05) is 0 Å². The molecule has 2 aromatic heterocycles. The third-order valence-electron chi connectivity index (χ3n) is 4.33. The summed E-state index contributed by atoms with van der Waals surface area (Å²) in [6, 6.07) is 16.6. The first kappa shape index (κ1) is 17.8. The van der Waals surface area contributed by atoms with Crippen molar-refractivity contribution in [1.29, 1.82) is 0 Å². The molecule has 0 aliphatic rings. The Balaban J connectivity index is 1.39. The highest BCUT2D eigenvalue weighted by molar-refractivity contribution is 5.92. The predicted octanol–water partition coefficient (Wildman–Crippen LogP) is 3.93. The SMILES string of the molecule is Cc1ccc2nc([C@H](C)NC(=O)c3cc(COc4ccccc4)on3)[nH]c2c1. The highest BCUT2D eigenvalue weighted by Gasteiger charge is 2.18. The number of fused-ring (bicyclic) bond motifs is 1. The molecule has 0 bridgehead atoms. The maximum Gasteiger partial charge on any atom is 0.274 e. The van der Waals surface area contributed by atoms with Gasteiger partial charge in [0.25, 0.3) is 5.91 Å². The number of para-hydroxylation sites is 1. The molecule has 1 amide bonds. The Hall–Kier alpha value is -3.61. The molecular weight excluding hydrogens is 356 g/mol. The average molecular weight is 376 g/mol. The molecular formula is C21H20N4O3. The number of benzene rings is 2. The Bertz CT molecular complexity index is 1100. The van der Waals surface area contributed by atoms with E-state index in [1.54, 1.807) is 6.07 Å². The van der Waals surface area contributed by atoms with Gasteiger partial charge in [0, 0.05) is 6.07 Å². The molecule has 7 nitrogen and oxygen atoms in total. The maximum absolute atomic E-state index is 12.5. The van der Waals surface area contributed by atoms with Crippen LogP contribution in [0.15, 0.2) is 59.1 Å². The largest absolute Gasteiger partial charge is 0.486 e. The van der Waals surface area contributed by atoms with Gasteiger partial charge in [-0.2, -0.15) is 0 Å². The van der Waals surface area contributed by atoms with Crippen LogP contribution >= 0.6 is 0 Å². The smallest absolute Gasteiger partial charge is 0.274 e. The van der Waals surface area contributed by atoms with E-state index in [-0.39, 0.29) is 24.2 Å². The Morgan fingerprint density at radius 3 is 2.86 bits per heavy atom. The summed E-state index contributed by atoms with van der Waals surface area (Å²) in [5, 5.41) is 6.71. The molecule has 2 N–H and O–H groups in total. The topological polar surface area (TPSA) is 93.0 Å². The zero-order valence-electron chi connectivity index (χ0n) is 15.6. The van der Waals surface area contributed by atoms with E-state index >= 15 is 0 Å². The van der Waals surface area contributed by atoms with Gasteiger partial charge in [0.2, 0.25) is 0 Å². The Morgan fingerprint density at radius 1 is 1.21 bits per heavy atom. The Morgan fingerprint density at radius 2 is 2.04 bits per heavy atom. The maximum atomic E-state index is 12.5. The number of aryl methyl sites for hydroxylation is 1. The summed E-state index contributed by atoms with van der Waals surface area (Å²) in [6.45, 7) is 4.08. The van der Waals surface area contributed by atoms with E-state index in [0.717, 1.165) is 22.3 Å². The van der Waals surface area contributed by atoms with E-state index in [0.29, 0.717) is 11.6 Å². The number of hydrogen-bond donors (Lipinski definition) is 2. The lowest BCUT2D eigenvalue weighted by molar-refractivity contribution is 0.0929. The van der Waals surface area contributed by atoms with E-state index in [2.05, 4.69) is 20.4 Å². The van der Waals surface area contributed by atoms with Gasteiger partial charge in [-0.3, -0.25) is 4.79 Å². The molecule has 4 rings (SSSR count). The molecule has 0 saturated heterocycles. The quantitative estimate of drug-likeness (QED) is 0.532. The standard InChI is InChI=1S/C21H20N4O3/c1-13-8-9-17-18(10-13)24-20(23-17)14(2)22-21(26)19-11-16(28-25-19)12-27-15-6-4-3-5-7-15/h3-11,14H,12H2,1-2H3,(H,22,26)(H,23,24)/t14-/m0/s1. The van der Waals surface area contributed by atoms with Crippen molar-refractivity contribution < 1.29 is 14.1 Å². The summed E-state index contributed by atoms with van der Waals surface area (Å²) >= 11 is 0. The number of aromatic amines is 1. The minimum absolute atomic E-state index is 0.197. The van der Waals surface area contributed by atoms with Crippen LogP contribution in [0.2, 0.25) is 0 Å². The van der Waals surface area contributed by atoms with Crippen molar-refractivity contribution in [2.45, 2.75) is 26.5 Å². The number of ether oxygens (including phenoxy) is 1. The number of amides is 1. The van der Waals surface area contributed by atoms with Crippen LogP contribution in [-0.4, -0.2) is 21.0 Å². The first-order chi connectivity index (χ1) is 13.6. The molecule has 4 aromatic rings. The zero-order chi connectivity index (χ0) is 19.5. The van der Waals surface area contributed by atoms with Gasteiger partial charge < -0.3 is 19.6 Å². The van der Waals surface area contributed by atoms with Crippen LogP contribution in [0, 0.1) is 6.92 Å². The number of imidazole rings is 1. The Kier molecular flexibility index (Phi) is 4.80. The van der Waals surface area contributed by atoms with Gasteiger partial charge in [-0.15, -0.1) is 0 Å². The van der Waals surface area contributed by atoms with Crippen molar-refractivity contribution in [2.24, 2.45) is 0 Å². The lowest BCUT2D eigenvalue weighted by atomic mass is 10.2. The van der Waals surface area contributed by atoms with Crippen LogP contribution in [0.5, 0.6) is 5.75 Å². The highest BCUT2D eigenvalue weighted by Crippen LogP contribution is 2.18. The van der Waals surface area contributed by atoms with E-state index in [1.165, 1.54) is 0 Å². The fraction of sp³-hybridized carbons (Fsp3) is 0.190. The second-order valence-corrected chi connectivity index (χ2v) is 6.62. The van der Waals surface area contributed by atoms with E-state index in [4.69, 9.17) is 9.26 Å². The van der Waals surface area contributed by atoms with Gasteiger partial charge in [-0.05, 0) is 43.7 Å². The van der Waals surface area contributed by atoms with Crippen LogP contribution in [0.1, 0.15) is 40.6 Å². The number of H-pyrrole nitrogens is 1. The molecule has 0 aliphatic heterocycles. The summed E-state index contributed by atoms with van der Waals surface area (Å²) in [7, 11) is 0. The molecule has 0 spiro atoms. The van der Waals surface area contributed by atoms with Gasteiger partial charge in [0.15, 0.2) is 11.5 Å². The third-order valence-corrected chi connectivity index (χ3v) is 4.33. The molecule has 0 aliphatic carbocycles. The molecule has 28 heavy (non-hydrogen) atoms.